The Kier molecular flexibility index (Phi) is 9.45. The van der Waals surface area contributed by atoms with Crippen molar-refractivity contribution in [1.29, 1.82) is 0 Å². The number of aromatic nitrogens is 1. The van der Waals surface area contributed by atoms with Gasteiger partial charge in [-0.2, -0.15) is 13.2 Å². The van der Waals surface area contributed by atoms with Crippen LogP contribution >= 0.6 is 0 Å². The van der Waals surface area contributed by atoms with E-state index in [0.29, 0.717) is 26.1 Å². The molecule has 0 bridgehead atoms. The maximum Gasteiger partial charge on any atom is 0.422 e. The molecule has 2 heterocycles. The Hall–Kier alpha value is -4.42. The average molecular weight is 625 g/mol. The summed E-state index contributed by atoms with van der Waals surface area (Å²) in [4.78, 5) is 26.2. The topological polar surface area (TPSA) is 101 Å². The number of anilines is 1. The second-order valence-corrected chi connectivity index (χ2v) is 11.2. The fourth-order valence-corrected chi connectivity index (χ4v) is 5.80. The Morgan fingerprint density at radius 2 is 1.67 bits per heavy atom. The van der Waals surface area contributed by atoms with Gasteiger partial charge in [0.2, 0.25) is 5.60 Å². The number of alkyl halides is 3. The zero-order chi connectivity index (χ0) is 32.2. The second-order valence-electron chi connectivity index (χ2n) is 11.2. The Bertz CT molecular complexity index is 1630. The summed E-state index contributed by atoms with van der Waals surface area (Å²) >= 11 is 0. The summed E-state index contributed by atoms with van der Waals surface area (Å²) in [6.07, 6.45) is -2.90. The van der Waals surface area contributed by atoms with E-state index in [2.05, 4.69) is 4.90 Å². The van der Waals surface area contributed by atoms with Gasteiger partial charge in [0.15, 0.2) is 0 Å². The molecule has 3 aromatic carbocycles. The Morgan fingerprint density at radius 3 is 2.29 bits per heavy atom. The number of halogens is 3. The van der Waals surface area contributed by atoms with Crippen LogP contribution in [-0.4, -0.2) is 71.0 Å². The van der Waals surface area contributed by atoms with Gasteiger partial charge in [-0.1, -0.05) is 42.5 Å². The molecule has 0 aliphatic carbocycles. The van der Waals surface area contributed by atoms with Gasteiger partial charge in [0.05, 0.1) is 17.0 Å². The minimum Gasteiger partial charge on any atom is -0.466 e. The number of nitrogens with zero attached hydrogens (tertiary/aromatic N) is 4. The number of esters is 1. The molecule has 1 atom stereocenters. The summed E-state index contributed by atoms with van der Waals surface area (Å²) in [5.41, 5.74) is -0.862. The van der Waals surface area contributed by atoms with Crippen molar-refractivity contribution in [3.05, 3.63) is 106 Å². The van der Waals surface area contributed by atoms with E-state index in [1.807, 2.05) is 42.5 Å². The molecular weight excluding hydrogens is 589 g/mol. The molecule has 9 nitrogen and oxygen atoms in total. The third kappa shape index (κ3) is 7.12. The monoisotopic (exact) mass is 624 g/mol. The number of piperazine rings is 1. The predicted molar refractivity (Wildman–Crippen MR) is 164 cm³/mol. The van der Waals surface area contributed by atoms with Crippen LogP contribution in [0, 0.1) is 10.1 Å². The standard InChI is InChI=1S/C33H35F3N4O5/c1-2-45-31(41)15-10-24-8-11-26(12-9-24)38-18-16-37(17-19-38)23-32(42,33(34,35)36)29-22-39(21-25-6-4-3-5-7-25)30-20-27(40(43)44)13-14-28(29)30/h3-9,11-14,20,22,42H,2,10,15-19,21,23H2,1H3. The van der Waals surface area contributed by atoms with E-state index in [1.165, 1.54) is 22.9 Å². The molecule has 0 saturated carbocycles. The molecule has 1 aliphatic heterocycles. The SMILES string of the molecule is CCOC(=O)CCc1ccc(N2CCN(CC(O)(c3cn(Cc4ccccc4)c4cc([N+](=O)[O-])ccc34)C(F)(F)F)CC2)cc1. The highest BCUT2D eigenvalue weighted by atomic mass is 19.4. The fraction of sp³-hybridized carbons (Fsp3) is 0.364. The van der Waals surface area contributed by atoms with Crippen molar-refractivity contribution in [1.82, 2.24) is 9.47 Å². The van der Waals surface area contributed by atoms with E-state index in [-0.39, 0.29) is 54.2 Å². The van der Waals surface area contributed by atoms with Crippen LogP contribution < -0.4 is 4.90 Å². The third-order valence-electron chi connectivity index (χ3n) is 8.24. The van der Waals surface area contributed by atoms with E-state index in [4.69, 9.17) is 4.74 Å². The maximum atomic E-state index is 14.8. The second kappa shape index (κ2) is 13.3. The van der Waals surface area contributed by atoms with E-state index in [0.717, 1.165) is 22.9 Å². The Labute approximate surface area is 258 Å². The number of non-ortho nitro benzene ring substituents is 1. The lowest BCUT2D eigenvalue weighted by Gasteiger charge is -2.40. The number of nitro benzene ring substituents is 1. The number of nitro groups is 1. The molecule has 0 radical (unpaired) electrons. The summed E-state index contributed by atoms with van der Waals surface area (Å²) in [5, 5.41) is 23.1. The number of carbonyl (C=O) groups is 1. The minimum absolute atomic E-state index is 0.109. The number of fused-ring (bicyclic) bond motifs is 1. The van der Waals surface area contributed by atoms with Crippen molar-refractivity contribution in [2.45, 2.75) is 38.1 Å². The molecule has 12 heteroatoms. The van der Waals surface area contributed by atoms with Crippen molar-refractivity contribution < 1.29 is 32.7 Å². The first-order valence-electron chi connectivity index (χ1n) is 14.8. The van der Waals surface area contributed by atoms with Gasteiger partial charge >= 0.3 is 12.1 Å². The van der Waals surface area contributed by atoms with Crippen molar-refractivity contribution in [3.63, 3.8) is 0 Å². The van der Waals surface area contributed by atoms with Gasteiger partial charge in [-0.25, -0.2) is 0 Å². The molecule has 1 N–H and O–H groups in total. The minimum atomic E-state index is -5.02. The molecule has 1 fully saturated rings. The van der Waals surface area contributed by atoms with Gasteiger partial charge in [0.1, 0.15) is 0 Å². The van der Waals surface area contributed by atoms with Crippen molar-refractivity contribution >= 4 is 28.2 Å². The van der Waals surface area contributed by atoms with Crippen molar-refractivity contribution in [3.8, 4) is 0 Å². The van der Waals surface area contributed by atoms with Gasteiger partial charge in [-0.3, -0.25) is 19.8 Å². The van der Waals surface area contributed by atoms with Crippen molar-refractivity contribution in [2.75, 3.05) is 44.2 Å². The van der Waals surface area contributed by atoms with Crippen LogP contribution in [-0.2, 0) is 28.1 Å². The van der Waals surface area contributed by atoms with Gasteiger partial charge < -0.3 is 19.3 Å². The first-order valence-corrected chi connectivity index (χ1v) is 14.8. The molecule has 1 aromatic heterocycles. The number of rotatable bonds is 11. The quantitative estimate of drug-likeness (QED) is 0.131. The summed E-state index contributed by atoms with van der Waals surface area (Å²) in [5.74, 6) is -0.251. The summed E-state index contributed by atoms with van der Waals surface area (Å²) in [6, 6.07) is 20.5. The van der Waals surface area contributed by atoms with Crippen LogP contribution in [0.3, 0.4) is 0 Å². The smallest absolute Gasteiger partial charge is 0.422 e. The number of hydrogen-bond acceptors (Lipinski definition) is 7. The van der Waals surface area contributed by atoms with E-state index >= 15 is 0 Å². The number of aryl methyl sites for hydroxylation is 1. The van der Waals surface area contributed by atoms with E-state index in [9.17, 15) is 33.2 Å². The van der Waals surface area contributed by atoms with Crippen LogP contribution in [0.4, 0.5) is 24.5 Å². The number of β-amino-alcohol motifs (C(OH)–C–C–N with tert-alkyl or cyclic N) is 1. The first-order chi connectivity index (χ1) is 21.5. The van der Waals surface area contributed by atoms with Gasteiger partial charge in [-0.05, 0) is 42.7 Å². The number of benzene rings is 3. The molecule has 238 valence electrons. The lowest BCUT2D eigenvalue weighted by molar-refractivity contribution is -0.384. The normalized spacial score (nSPS) is 15.6. The Morgan fingerprint density at radius 1 is 0.978 bits per heavy atom. The Balaban J connectivity index is 1.35. The number of hydrogen-bond donors (Lipinski definition) is 1. The van der Waals surface area contributed by atoms with E-state index in [1.54, 1.807) is 24.0 Å². The summed E-state index contributed by atoms with van der Waals surface area (Å²) in [6.45, 7) is 3.08. The zero-order valence-electron chi connectivity index (χ0n) is 24.9. The van der Waals surface area contributed by atoms with Crippen LogP contribution in [0.1, 0.15) is 30.0 Å². The molecule has 1 saturated heterocycles. The number of ether oxygens (including phenoxy) is 1. The van der Waals surface area contributed by atoms with Gasteiger partial charge in [0.25, 0.3) is 5.69 Å². The van der Waals surface area contributed by atoms with Gasteiger partial charge in [0, 0.05) is 80.7 Å². The van der Waals surface area contributed by atoms with Crippen LogP contribution in [0.5, 0.6) is 0 Å². The molecule has 0 amide bonds. The van der Waals surface area contributed by atoms with Crippen LogP contribution in [0.2, 0.25) is 0 Å². The molecule has 45 heavy (non-hydrogen) atoms. The zero-order valence-corrected chi connectivity index (χ0v) is 24.9. The predicted octanol–water partition coefficient (Wildman–Crippen LogP) is 5.67. The maximum absolute atomic E-state index is 14.8. The molecule has 4 aromatic rings. The number of aliphatic hydroxyl groups is 1. The highest BCUT2D eigenvalue weighted by molar-refractivity contribution is 5.87. The van der Waals surface area contributed by atoms with Gasteiger partial charge in [-0.15, -0.1) is 0 Å². The molecular formula is C33H35F3N4O5. The third-order valence-corrected chi connectivity index (χ3v) is 8.24. The highest BCUT2D eigenvalue weighted by Gasteiger charge is 2.57. The summed E-state index contributed by atoms with van der Waals surface area (Å²) < 4.78 is 51.0. The molecule has 1 unspecified atom stereocenters. The van der Waals surface area contributed by atoms with E-state index < -0.39 is 23.2 Å². The number of carbonyl (C=O) groups excluding carboxylic acids is 1. The highest BCUT2D eigenvalue weighted by Crippen LogP contribution is 2.44. The largest absolute Gasteiger partial charge is 0.466 e. The molecule has 0 spiro atoms. The fourth-order valence-electron chi connectivity index (χ4n) is 5.80. The lowest BCUT2D eigenvalue weighted by Crippen LogP contribution is -2.55. The van der Waals surface area contributed by atoms with Crippen LogP contribution in [0.25, 0.3) is 10.9 Å². The first kappa shape index (κ1) is 32.0. The molecule has 5 rings (SSSR count). The lowest BCUT2D eigenvalue weighted by atomic mass is 9.91. The summed E-state index contributed by atoms with van der Waals surface area (Å²) in [7, 11) is 0. The van der Waals surface area contributed by atoms with Crippen LogP contribution in [0.15, 0.2) is 79.0 Å². The van der Waals surface area contributed by atoms with Crippen molar-refractivity contribution in [2.24, 2.45) is 0 Å². The average Bonchev–Trinajstić information content (AvgIpc) is 3.38. The molecule has 1 aliphatic rings.